The summed E-state index contributed by atoms with van der Waals surface area (Å²) < 4.78 is 1.67. The average molecular weight is 290 g/mol. The topological polar surface area (TPSA) is 51.0 Å². The van der Waals surface area contributed by atoms with E-state index in [0.717, 1.165) is 36.6 Å². The third kappa shape index (κ3) is 2.60. The number of amides is 1. The van der Waals surface area contributed by atoms with Gasteiger partial charge in [0.1, 0.15) is 0 Å². The molecule has 1 unspecified atom stereocenters. The lowest BCUT2D eigenvalue weighted by Crippen LogP contribution is -2.39. The van der Waals surface area contributed by atoms with E-state index < -0.39 is 0 Å². The first kappa shape index (κ1) is 13.3. The molecule has 6 heteroatoms. The zero-order valence-corrected chi connectivity index (χ0v) is 12.6. The van der Waals surface area contributed by atoms with Gasteiger partial charge in [-0.05, 0) is 19.8 Å². The molecule has 1 atom stereocenters. The maximum Gasteiger partial charge on any atom is 0.257 e. The van der Waals surface area contributed by atoms with Crippen LogP contribution < -0.4 is 0 Å². The van der Waals surface area contributed by atoms with Crippen molar-refractivity contribution in [3.8, 4) is 0 Å². The molecule has 0 N–H and O–H groups in total. The molecule has 0 spiro atoms. The highest BCUT2D eigenvalue weighted by Crippen LogP contribution is 2.29. The average Bonchev–Trinajstić information content (AvgIpc) is 3.07. The highest BCUT2D eigenvalue weighted by molar-refractivity contribution is 7.09. The van der Waals surface area contributed by atoms with E-state index in [-0.39, 0.29) is 5.91 Å². The van der Waals surface area contributed by atoms with E-state index in [0.29, 0.717) is 11.5 Å². The number of rotatable bonds is 2. The smallest absolute Gasteiger partial charge is 0.257 e. The Bertz CT molecular complexity index is 618. The minimum atomic E-state index is 0.0797. The standard InChI is InChI=1S/C14H18N4OS/c1-10-9-20-13(16-10)11-4-3-5-18(8-11)14(19)12-6-15-17(2)7-12/h6-7,9,11H,3-5,8H2,1-2H3. The first-order valence-electron chi connectivity index (χ1n) is 6.83. The molecule has 20 heavy (non-hydrogen) atoms. The Morgan fingerprint density at radius 3 is 3.00 bits per heavy atom. The molecule has 0 radical (unpaired) electrons. The maximum absolute atomic E-state index is 12.5. The number of piperidine rings is 1. The summed E-state index contributed by atoms with van der Waals surface area (Å²) in [6.45, 7) is 3.61. The Balaban J connectivity index is 1.73. The highest BCUT2D eigenvalue weighted by atomic mass is 32.1. The second-order valence-electron chi connectivity index (χ2n) is 5.32. The summed E-state index contributed by atoms with van der Waals surface area (Å²) in [6, 6.07) is 0. The van der Waals surface area contributed by atoms with Crippen molar-refractivity contribution in [2.45, 2.75) is 25.7 Å². The van der Waals surface area contributed by atoms with Gasteiger partial charge in [-0.15, -0.1) is 11.3 Å². The SMILES string of the molecule is Cc1csc(C2CCCN(C(=O)c3cnn(C)c3)C2)n1. The van der Waals surface area contributed by atoms with Gasteiger partial charge in [0.05, 0.1) is 16.8 Å². The second kappa shape index (κ2) is 5.36. The minimum absolute atomic E-state index is 0.0797. The summed E-state index contributed by atoms with van der Waals surface area (Å²) in [4.78, 5) is 19.0. The van der Waals surface area contributed by atoms with E-state index in [1.54, 1.807) is 28.4 Å². The van der Waals surface area contributed by atoms with Crippen molar-refractivity contribution in [2.24, 2.45) is 7.05 Å². The molecule has 0 aromatic carbocycles. The number of nitrogens with zero attached hydrogens (tertiary/aromatic N) is 4. The first-order chi connectivity index (χ1) is 9.63. The van der Waals surface area contributed by atoms with Crippen LogP contribution in [0.2, 0.25) is 0 Å². The van der Waals surface area contributed by atoms with Gasteiger partial charge < -0.3 is 4.90 Å². The number of likely N-dealkylation sites (tertiary alicyclic amines) is 1. The minimum Gasteiger partial charge on any atom is -0.338 e. The van der Waals surface area contributed by atoms with Crippen molar-refractivity contribution in [2.75, 3.05) is 13.1 Å². The summed E-state index contributed by atoms with van der Waals surface area (Å²) in [7, 11) is 1.83. The predicted molar refractivity (Wildman–Crippen MR) is 77.9 cm³/mol. The van der Waals surface area contributed by atoms with E-state index in [4.69, 9.17) is 0 Å². The van der Waals surface area contributed by atoms with Gasteiger partial charge in [0.2, 0.25) is 0 Å². The van der Waals surface area contributed by atoms with Gasteiger partial charge >= 0.3 is 0 Å². The third-order valence-electron chi connectivity index (χ3n) is 3.65. The molecule has 2 aromatic rings. The van der Waals surface area contributed by atoms with E-state index in [1.807, 2.05) is 18.9 Å². The van der Waals surface area contributed by atoms with Gasteiger partial charge in [-0.1, -0.05) is 0 Å². The van der Waals surface area contributed by atoms with Crippen LogP contribution in [0, 0.1) is 6.92 Å². The Morgan fingerprint density at radius 2 is 2.35 bits per heavy atom. The number of carbonyl (C=O) groups excluding carboxylic acids is 1. The Hall–Kier alpha value is -1.69. The molecule has 0 bridgehead atoms. The van der Waals surface area contributed by atoms with Gasteiger partial charge in [0.15, 0.2) is 0 Å². The third-order valence-corrected chi connectivity index (χ3v) is 4.77. The van der Waals surface area contributed by atoms with Crippen molar-refractivity contribution < 1.29 is 4.79 Å². The fourth-order valence-corrected chi connectivity index (χ4v) is 3.56. The summed E-state index contributed by atoms with van der Waals surface area (Å²) in [6.07, 6.45) is 5.57. The molecule has 3 rings (SSSR count). The quantitative estimate of drug-likeness (QED) is 0.852. The normalized spacial score (nSPS) is 19.3. The summed E-state index contributed by atoms with van der Waals surface area (Å²) >= 11 is 1.70. The van der Waals surface area contributed by atoms with Crippen molar-refractivity contribution in [1.29, 1.82) is 0 Å². The first-order valence-corrected chi connectivity index (χ1v) is 7.71. The highest BCUT2D eigenvalue weighted by Gasteiger charge is 2.27. The molecule has 106 valence electrons. The molecule has 1 fully saturated rings. The Morgan fingerprint density at radius 1 is 1.50 bits per heavy atom. The number of aryl methyl sites for hydroxylation is 2. The van der Waals surface area contributed by atoms with Crippen LogP contribution in [0.15, 0.2) is 17.8 Å². The largest absolute Gasteiger partial charge is 0.338 e. The number of carbonyl (C=O) groups is 1. The van der Waals surface area contributed by atoms with Gasteiger partial charge in [0, 0.05) is 43.3 Å². The van der Waals surface area contributed by atoms with Crippen molar-refractivity contribution in [3.05, 3.63) is 34.0 Å². The zero-order valence-electron chi connectivity index (χ0n) is 11.7. The zero-order chi connectivity index (χ0) is 14.1. The number of aromatic nitrogens is 3. The Labute approximate surface area is 122 Å². The second-order valence-corrected chi connectivity index (χ2v) is 6.21. The van der Waals surface area contributed by atoms with Crippen LogP contribution in [0.1, 0.15) is 39.8 Å². The van der Waals surface area contributed by atoms with Crippen LogP contribution in [-0.4, -0.2) is 38.7 Å². The van der Waals surface area contributed by atoms with Crippen molar-refractivity contribution in [3.63, 3.8) is 0 Å². The molecular formula is C14H18N4OS. The molecular weight excluding hydrogens is 272 g/mol. The summed E-state index contributed by atoms with van der Waals surface area (Å²) in [5, 5.41) is 7.31. The molecule has 0 aliphatic carbocycles. The molecule has 3 heterocycles. The van der Waals surface area contributed by atoms with E-state index >= 15 is 0 Å². The van der Waals surface area contributed by atoms with E-state index in [9.17, 15) is 4.79 Å². The molecule has 2 aromatic heterocycles. The predicted octanol–water partition coefficient (Wildman–Crippen LogP) is 2.20. The summed E-state index contributed by atoms with van der Waals surface area (Å²) in [5.41, 5.74) is 1.74. The molecule has 1 aliphatic rings. The molecule has 5 nitrogen and oxygen atoms in total. The van der Waals surface area contributed by atoms with Crippen LogP contribution in [0.4, 0.5) is 0 Å². The van der Waals surface area contributed by atoms with Gasteiger partial charge in [-0.25, -0.2) is 4.98 Å². The van der Waals surface area contributed by atoms with E-state index in [1.165, 1.54) is 0 Å². The lowest BCUT2D eigenvalue weighted by molar-refractivity contribution is 0.0707. The van der Waals surface area contributed by atoms with Crippen molar-refractivity contribution in [1.82, 2.24) is 19.7 Å². The lowest BCUT2D eigenvalue weighted by Gasteiger charge is -2.31. The number of hydrogen-bond acceptors (Lipinski definition) is 4. The van der Waals surface area contributed by atoms with Crippen molar-refractivity contribution >= 4 is 17.2 Å². The van der Waals surface area contributed by atoms with Crippen LogP contribution in [0.25, 0.3) is 0 Å². The molecule has 1 amide bonds. The van der Waals surface area contributed by atoms with Crippen LogP contribution in [0.3, 0.4) is 0 Å². The fourth-order valence-electron chi connectivity index (χ4n) is 2.64. The van der Waals surface area contributed by atoms with Crippen LogP contribution >= 0.6 is 11.3 Å². The van der Waals surface area contributed by atoms with Gasteiger partial charge in [0.25, 0.3) is 5.91 Å². The Kier molecular flexibility index (Phi) is 3.56. The van der Waals surface area contributed by atoms with Crippen LogP contribution in [-0.2, 0) is 7.05 Å². The molecule has 0 saturated carbocycles. The maximum atomic E-state index is 12.5. The van der Waals surface area contributed by atoms with E-state index in [2.05, 4.69) is 15.5 Å². The number of hydrogen-bond donors (Lipinski definition) is 0. The molecule has 1 saturated heterocycles. The monoisotopic (exact) mass is 290 g/mol. The van der Waals surface area contributed by atoms with Gasteiger partial charge in [-0.3, -0.25) is 9.48 Å². The summed E-state index contributed by atoms with van der Waals surface area (Å²) in [5.74, 6) is 0.458. The molecule has 1 aliphatic heterocycles. The van der Waals surface area contributed by atoms with Crippen LogP contribution in [0.5, 0.6) is 0 Å². The fraction of sp³-hybridized carbons (Fsp3) is 0.500. The number of thiazole rings is 1. The van der Waals surface area contributed by atoms with Gasteiger partial charge in [-0.2, -0.15) is 5.10 Å². The lowest BCUT2D eigenvalue weighted by atomic mass is 9.98.